The zero-order chi connectivity index (χ0) is 11.1. The molecule has 0 aromatic rings. The van der Waals surface area contributed by atoms with Crippen LogP contribution in [-0.2, 0) is 9.47 Å². The molecule has 0 aliphatic carbocycles. The van der Waals surface area contributed by atoms with Gasteiger partial charge in [-0.05, 0) is 50.5 Å². The molecular weight excluding hydrogens is 188 g/mol. The summed E-state index contributed by atoms with van der Waals surface area (Å²) in [4.78, 5) is 0. The Balaban J connectivity index is 2.15. The van der Waals surface area contributed by atoms with Crippen LogP contribution in [0, 0.1) is 5.41 Å². The quantitative estimate of drug-likeness (QED) is 0.495. The molecule has 0 N–H and O–H groups in total. The zero-order valence-electron chi connectivity index (χ0n) is 10.3. The van der Waals surface area contributed by atoms with Gasteiger partial charge >= 0.3 is 0 Å². The Kier molecular flexibility index (Phi) is 5.16. The minimum atomic E-state index is 0.453. The average molecular weight is 212 g/mol. The zero-order valence-corrected chi connectivity index (χ0v) is 10.3. The minimum Gasteiger partial charge on any atom is -0.501 e. The van der Waals surface area contributed by atoms with Gasteiger partial charge in [0.2, 0.25) is 0 Å². The van der Waals surface area contributed by atoms with Crippen LogP contribution in [-0.4, -0.2) is 19.8 Å². The van der Waals surface area contributed by atoms with Crippen molar-refractivity contribution in [3.63, 3.8) is 0 Å². The summed E-state index contributed by atoms with van der Waals surface area (Å²) in [5.41, 5.74) is 1.68. The fraction of sp³-hybridized carbons (Fsp3) is 0.846. The van der Waals surface area contributed by atoms with Crippen LogP contribution in [0.5, 0.6) is 0 Å². The van der Waals surface area contributed by atoms with Gasteiger partial charge in [-0.1, -0.05) is 6.92 Å². The van der Waals surface area contributed by atoms with Gasteiger partial charge in [-0.2, -0.15) is 0 Å². The van der Waals surface area contributed by atoms with Crippen molar-refractivity contribution >= 4 is 0 Å². The smallest absolute Gasteiger partial charge is 0.0873 e. The molecule has 1 rings (SSSR count). The number of allylic oxidation sites excluding steroid dienone is 1. The number of hydrogen-bond donors (Lipinski definition) is 0. The summed E-state index contributed by atoms with van der Waals surface area (Å²) in [6, 6.07) is 0. The van der Waals surface area contributed by atoms with Gasteiger partial charge in [0.1, 0.15) is 0 Å². The molecule has 1 fully saturated rings. The maximum atomic E-state index is 5.49. The van der Waals surface area contributed by atoms with Crippen LogP contribution in [0.25, 0.3) is 0 Å². The van der Waals surface area contributed by atoms with Gasteiger partial charge in [0.05, 0.1) is 19.5 Å². The molecular formula is C13H24O2. The monoisotopic (exact) mass is 212 g/mol. The summed E-state index contributed by atoms with van der Waals surface area (Å²) in [5, 5.41) is 0. The second kappa shape index (κ2) is 6.16. The Morgan fingerprint density at radius 1 is 1.47 bits per heavy atom. The van der Waals surface area contributed by atoms with Gasteiger partial charge in [-0.3, -0.25) is 0 Å². The highest BCUT2D eigenvalue weighted by Crippen LogP contribution is 2.36. The lowest BCUT2D eigenvalue weighted by atomic mass is 9.80. The Morgan fingerprint density at radius 2 is 2.27 bits per heavy atom. The normalized spacial score (nSPS) is 25.3. The Bertz CT molecular complexity index is 199. The molecule has 0 radical (unpaired) electrons. The first-order valence-electron chi connectivity index (χ1n) is 6.01. The summed E-state index contributed by atoms with van der Waals surface area (Å²) in [6.07, 6.45) is 6.69. The third-order valence-corrected chi connectivity index (χ3v) is 3.22. The van der Waals surface area contributed by atoms with Gasteiger partial charge in [-0.25, -0.2) is 0 Å². The lowest BCUT2D eigenvalue weighted by Crippen LogP contribution is -2.20. The predicted octanol–water partition coefficient (Wildman–Crippen LogP) is 3.52. The first-order valence-corrected chi connectivity index (χ1v) is 6.01. The highest BCUT2D eigenvalue weighted by Gasteiger charge is 2.32. The fourth-order valence-corrected chi connectivity index (χ4v) is 2.06. The predicted molar refractivity (Wildman–Crippen MR) is 62.8 cm³/mol. The number of ether oxygens (including phenoxy) is 2. The van der Waals surface area contributed by atoms with Crippen molar-refractivity contribution in [3.05, 3.63) is 11.8 Å². The first-order chi connectivity index (χ1) is 7.18. The van der Waals surface area contributed by atoms with E-state index >= 15 is 0 Å². The summed E-state index contributed by atoms with van der Waals surface area (Å²) in [7, 11) is 0. The Morgan fingerprint density at radius 3 is 2.80 bits per heavy atom. The lowest BCUT2D eigenvalue weighted by Gasteiger charge is -2.25. The van der Waals surface area contributed by atoms with E-state index in [1.165, 1.54) is 24.8 Å². The Hall–Kier alpha value is -0.500. The van der Waals surface area contributed by atoms with Crippen molar-refractivity contribution in [2.45, 2.75) is 46.5 Å². The maximum absolute atomic E-state index is 5.49. The van der Waals surface area contributed by atoms with Crippen molar-refractivity contribution < 1.29 is 9.47 Å². The van der Waals surface area contributed by atoms with Crippen molar-refractivity contribution in [1.29, 1.82) is 0 Å². The molecule has 1 heterocycles. The topological polar surface area (TPSA) is 18.5 Å². The molecule has 0 spiro atoms. The van der Waals surface area contributed by atoms with E-state index in [1.807, 2.05) is 6.26 Å². The number of rotatable bonds is 6. The van der Waals surface area contributed by atoms with Gasteiger partial charge in [-0.15, -0.1) is 0 Å². The molecule has 1 atom stereocenters. The molecule has 1 aliphatic heterocycles. The summed E-state index contributed by atoms with van der Waals surface area (Å²) < 4.78 is 10.9. The highest BCUT2D eigenvalue weighted by molar-refractivity contribution is 4.86. The van der Waals surface area contributed by atoms with E-state index in [4.69, 9.17) is 9.47 Å². The van der Waals surface area contributed by atoms with Gasteiger partial charge in [0.15, 0.2) is 0 Å². The molecule has 0 aromatic heterocycles. The molecule has 0 bridgehead atoms. The maximum Gasteiger partial charge on any atom is 0.0873 e. The van der Waals surface area contributed by atoms with Crippen LogP contribution in [0.4, 0.5) is 0 Å². The number of hydrogen-bond acceptors (Lipinski definition) is 2. The van der Waals surface area contributed by atoms with Crippen molar-refractivity contribution in [2.24, 2.45) is 5.41 Å². The highest BCUT2D eigenvalue weighted by atomic mass is 16.5. The molecule has 1 aliphatic rings. The van der Waals surface area contributed by atoms with Gasteiger partial charge in [0, 0.05) is 6.61 Å². The molecule has 2 heteroatoms. The van der Waals surface area contributed by atoms with Crippen molar-refractivity contribution in [3.8, 4) is 0 Å². The third kappa shape index (κ3) is 4.25. The summed E-state index contributed by atoms with van der Waals surface area (Å²) in [6.45, 7) is 9.12. The molecule has 2 nitrogen and oxygen atoms in total. The fourth-order valence-electron chi connectivity index (χ4n) is 2.06. The van der Waals surface area contributed by atoms with Crippen LogP contribution in [0.1, 0.15) is 46.5 Å². The third-order valence-electron chi connectivity index (χ3n) is 3.22. The van der Waals surface area contributed by atoms with Crippen LogP contribution < -0.4 is 0 Å². The molecule has 15 heavy (non-hydrogen) atoms. The average Bonchev–Trinajstić information content (AvgIpc) is 2.66. The molecule has 1 unspecified atom stereocenters. The molecule has 0 amide bonds. The molecule has 1 saturated heterocycles. The van der Waals surface area contributed by atoms with Crippen LogP contribution in [0.3, 0.4) is 0 Å². The second-order valence-corrected chi connectivity index (χ2v) is 4.83. The van der Waals surface area contributed by atoms with E-state index in [0.717, 1.165) is 26.2 Å². The standard InChI is InChI=1S/C13H24O2/c1-4-13(7-9-15-11-13)6-5-8-14-10-12(2)3/h10H,4-9,11H2,1-3H3. The van der Waals surface area contributed by atoms with E-state index < -0.39 is 0 Å². The molecule has 88 valence electrons. The van der Waals surface area contributed by atoms with Crippen LogP contribution in [0.2, 0.25) is 0 Å². The summed E-state index contributed by atoms with van der Waals surface area (Å²) >= 11 is 0. The van der Waals surface area contributed by atoms with Gasteiger partial charge in [0.25, 0.3) is 0 Å². The van der Waals surface area contributed by atoms with Crippen molar-refractivity contribution in [2.75, 3.05) is 19.8 Å². The van der Waals surface area contributed by atoms with E-state index in [0.29, 0.717) is 5.41 Å². The SMILES string of the molecule is CCC1(CCCOC=C(C)C)CCOC1. The molecule has 0 aromatic carbocycles. The van der Waals surface area contributed by atoms with Crippen molar-refractivity contribution in [1.82, 2.24) is 0 Å². The van der Waals surface area contributed by atoms with Crippen LogP contribution in [0.15, 0.2) is 11.8 Å². The molecule has 0 saturated carbocycles. The summed E-state index contributed by atoms with van der Waals surface area (Å²) in [5.74, 6) is 0. The van der Waals surface area contributed by atoms with Crippen LogP contribution >= 0.6 is 0 Å². The largest absolute Gasteiger partial charge is 0.501 e. The minimum absolute atomic E-state index is 0.453. The van der Waals surface area contributed by atoms with Gasteiger partial charge < -0.3 is 9.47 Å². The Labute approximate surface area is 93.7 Å². The second-order valence-electron chi connectivity index (χ2n) is 4.83. The lowest BCUT2D eigenvalue weighted by molar-refractivity contribution is 0.132. The first kappa shape index (κ1) is 12.6. The van der Waals surface area contributed by atoms with E-state index in [1.54, 1.807) is 0 Å². The van der Waals surface area contributed by atoms with E-state index in [9.17, 15) is 0 Å². The van der Waals surface area contributed by atoms with E-state index in [-0.39, 0.29) is 0 Å². The van der Waals surface area contributed by atoms with E-state index in [2.05, 4.69) is 20.8 Å².